The molecule has 0 aliphatic carbocycles. The number of aryl methyl sites for hydroxylation is 3. The largest absolute Gasteiger partial charge is 0.375 e. The number of nitrogens with zero attached hydrogens (tertiary/aromatic N) is 3. The third kappa shape index (κ3) is 2.72. The molecule has 2 heterocycles. The highest BCUT2D eigenvalue weighted by Gasteiger charge is 2.13. The standard InChI is InChI=1S/C13H20N4S/c1-4-6-11-12(18-13(14)15-11)7-9-8-17(3)16-10(9)5-2/h8H,4-7H2,1-3H3,(H2,14,15). The quantitative estimate of drug-likeness (QED) is 0.903. The van der Waals surface area contributed by atoms with Crippen molar-refractivity contribution in [3.63, 3.8) is 0 Å². The molecule has 18 heavy (non-hydrogen) atoms. The summed E-state index contributed by atoms with van der Waals surface area (Å²) in [5.74, 6) is 0. The number of thiazole rings is 1. The number of hydrogen-bond donors (Lipinski definition) is 1. The summed E-state index contributed by atoms with van der Waals surface area (Å²) in [5, 5.41) is 5.15. The highest BCUT2D eigenvalue weighted by Crippen LogP contribution is 2.25. The molecule has 0 radical (unpaired) electrons. The van der Waals surface area contributed by atoms with Gasteiger partial charge in [-0.25, -0.2) is 4.98 Å². The van der Waals surface area contributed by atoms with Crippen LogP contribution in [0.15, 0.2) is 6.20 Å². The van der Waals surface area contributed by atoms with E-state index >= 15 is 0 Å². The number of nitrogen functional groups attached to an aromatic ring is 1. The van der Waals surface area contributed by atoms with Gasteiger partial charge in [-0.15, -0.1) is 11.3 Å². The van der Waals surface area contributed by atoms with Crippen LogP contribution >= 0.6 is 11.3 Å². The van der Waals surface area contributed by atoms with Gasteiger partial charge in [-0.2, -0.15) is 5.10 Å². The Bertz CT molecular complexity index is 527. The Morgan fingerprint density at radius 1 is 1.33 bits per heavy atom. The molecule has 0 aliphatic rings. The zero-order valence-corrected chi connectivity index (χ0v) is 12.0. The Morgan fingerprint density at radius 2 is 2.11 bits per heavy atom. The average Bonchev–Trinajstić information content (AvgIpc) is 2.83. The van der Waals surface area contributed by atoms with E-state index < -0.39 is 0 Å². The summed E-state index contributed by atoms with van der Waals surface area (Å²) in [5.41, 5.74) is 9.45. The predicted molar refractivity (Wildman–Crippen MR) is 75.9 cm³/mol. The van der Waals surface area contributed by atoms with Gasteiger partial charge < -0.3 is 5.73 Å². The van der Waals surface area contributed by atoms with E-state index in [4.69, 9.17) is 5.73 Å². The molecule has 0 aromatic carbocycles. The zero-order chi connectivity index (χ0) is 13.1. The minimum absolute atomic E-state index is 0.676. The fourth-order valence-corrected chi connectivity index (χ4v) is 3.08. The van der Waals surface area contributed by atoms with Crippen molar-refractivity contribution in [3.05, 3.63) is 28.0 Å². The number of aromatic nitrogens is 3. The van der Waals surface area contributed by atoms with Crippen molar-refractivity contribution in [1.82, 2.24) is 14.8 Å². The SMILES string of the molecule is CCCc1nc(N)sc1Cc1cn(C)nc1CC. The first-order chi connectivity index (χ1) is 8.63. The van der Waals surface area contributed by atoms with Crippen LogP contribution in [0.4, 0.5) is 5.13 Å². The molecule has 0 amide bonds. The van der Waals surface area contributed by atoms with E-state index in [0.29, 0.717) is 5.13 Å². The van der Waals surface area contributed by atoms with Gasteiger partial charge in [0, 0.05) is 24.5 Å². The molecule has 0 fully saturated rings. The minimum Gasteiger partial charge on any atom is -0.375 e. The predicted octanol–water partition coefficient (Wildman–Crippen LogP) is 2.56. The first-order valence-electron chi connectivity index (χ1n) is 6.39. The fourth-order valence-electron chi connectivity index (χ4n) is 2.18. The minimum atomic E-state index is 0.676. The Balaban J connectivity index is 2.27. The second-order valence-corrected chi connectivity index (χ2v) is 5.59. The van der Waals surface area contributed by atoms with Crippen LogP contribution in [0.1, 0.15) is 42.1 Å². The van der Waals surface area contributed by atoms with Gasteiger partial charge in [-0.1, -0.05) is 20.3 Å². The maximum absolute atomic E-state index is 5.83. The molecular formula is C13H20N4S. The summed E-state index contributed by atoms with van der Waals surface area (Å²) >= 11 is 1.61. The lowest BCUT2D eigenvalue weighted by Gasteiger charge is -2.00. The van der Waals surface area contributed by atoms with Crippen LogP contribution in [0.3, 0.4) is 0 Å². The van der Waals surface area contributed by atoms with Crippen LogP contribution in [0, 0.1) is 0 Å². The molecule has 0 bridgehead atoms. The molecule has 0 saturated carbocycles. The summed E-state index contributed by atoms with van der Waals surface area (Å²) in [4.78, 5) is 5.72. The van der Waals surface area contributed by atoms with E-state index in [1.54, 1.807) is 11.3 Å². The molecule has 0 atom stereocenters. The molecule has 2 N–H and O–H groups in total. The highest BCUT2D eigenvalue weighted by atomic mass is 32.1. The number of hydrogen-bond acceptors (Lipinski definition) is 4. The second kappa shape index (κ2) is 5.52. The molecule has 5 heteroatoms. The molecule has 4 nitrogen and oxygen atoms in total. The van der Waals surface area contributed by atoms with E-state index in [1.807, 2.05) is 11.7 Å². The van der Waals surface area contributed by atoms with Crippen LogP contribution in [0.5, 0.6) is 0 Å². The van der Waals surface area contributed by atoms with Gasteiger partial charge in [0.2, 0.25) is 0 Å². The van der Waals surface area contributed by atoms with E-state index in [-0.39, 0.29) is 0 Å². The maximum atomic E-state index is 5.83. The summed E-state index contributed by atoms with van der Waals surface area (Å²) in [6.45, 7) is 4.31. The Hall–Kier alpha value is -1.36. The topological polar surface area (TPSA) is 56.7 Å². The average molecular weight is 264 g/mol. The molecule has 0 saturated heterocycles. The number of rotatable bonds is 5. The zero-order valence-electron chi connectivity index (χ0n) is 11.2. The van der Waals surface area contributed by atoms with Crippen LogP contribution in [-0.2, 0) is 26.3 Å². The van der Waals surface area contributed by atoms with Crippen molar-refractivity contribution >= 4 is 16.5 Å². The Labute approximate surface area is 112 Å². The summed E-state index contributed by atoms with van der Waals surface area (Å²) in [6, 6.07) is 0. The van der Waals surface area contributed by atoms with Gasteiger partial charge in [0.25, 0.3) is 0 Å². The number of nitrogens with two attached hydrogens (primary N) is 1. The monoisotopic (exact) mass is 264 g/mol. The summed E-state index contributed by atoms with van der Waals surface area (Å²) < 4.78 is 1.89. The molecule has 2 rings (SSSR count). The molecule has 0 spiro atoms. The van der Waals surface area contributed by atoms with Crippen LogP contribution < -0.4 is 5.73 Å². The van der Waals surface area contributed by atoms with Crippen molar-refractivity contribution < 1.29 is 0 Å². The van der Waals surface area contributed by atoms with E-state index in [2.05, 4.69) is 30.1 Å². The third-order valence-corrected chi connectivity index (χ3v) is 3.89. The first-order valence-corrected chi connectivity index (χ1v) is 7.21. The molecule has 0 unspecified atom stereocenters. The van der Waals surface area contributed by atoms with Crippen molar-refractivity contribution in [3.8, 4) is 0 Å². The van der Waals surface area contributed by atoms with Crippen LogP contribution in [0.25, 0.3) is 0 Å². The van der Waals surface area contributed by atoms with E-state index in [9.17, 15) is 0 Å². The van der Waals surface area contributed by atoms with Gasteiger partial charge in [-0.05, 0) is 18.4 Å². The smallest absolute Gasteiger partial charge is 0.180 e. The lowest BCUT2D eigenvalue weighted by atomic mass is 10.1. The second-order valence-electron chi connectivity index (χ2n) is 4.48. The first kappa shape index (κ1) is 13.1. The van der Waals surface area contributed by atoms with Crippen molar-refractivity contribution in [2.75, 3.05) is 5.73 Å². The van der Waals surface area contributed by atoms with Gasteiger partial charge in [0.15, 0.2) is 5.13 Å². The van der Waals surface area contributed by atoms with Gasteiger partial charge in [0.05, 0.1) is 11.4 Å². The third-order valence-electron chi connectivity index (χ3n) is 2.96. The Morgan fingerprint density at radius 3 is 2.78 bits per heavy atom. The van der Waals surface area contributed by atoms with Gasteiger partial charge in [-0.3, -0.25) is 4.68 Å². The van der Waals surface area contributed by atoms with Gasteiger partial charge >= 0.3 is 0 Å². The fraction of sp³-hybridized carbons (Fsp3) is 0.538. The summed E-state index contributed by atoms with van der Waals surface area (Å²) in [7, 11) is 1.97. The van der Waals surface area contributed by atoms with E-state index in [1.165, 1.54) is 16.1 Å². The highest BCUT2D eigenvalue weighted by molar-refractivity contribution is 7.15. The molecule has 2 aromatic heterocycles. The van der Waals surface area contributed by atoms with Crippen LogP contribution in [-0.4, -0.2) is 14.8 Å². The molecule has 98 valence electrons. The van der Waals surface area contributed by atoms with Crippen molar-refractivity contribution in [2.45, 2.75) is 39.5 Å². The van der Waals surface area contributed by atoms with Gasteiger partial charge in [0.1, 0.15) is 0 Å². The number of anilines is 1. The normalized spacial score (nSPS) is 11.1. The Kier molecular flexibility index (Phi) is 4.01. The molecule has 0 aliphatic heterocycles. The molecule has 2 aromatic rings. The maximum Gasteiger partial charge on any atom is 0.180 e. The van der Waals surface area contributed by atoms with Crippen LogP contribution in [0.2, 0.25) is 0 Å². The lowest BCUT2D eigenvalue weighted by molar-refractivity contribution is 0.746. The summed E-state index contributed by atoms with van der Waals surface area (Å²) in [6.07, 6.45) is 6.08. The van der Waals surface area contributed by atoms with Crippen molar-refractivity contribution in [1.29, 1.82) is 0 Å². The van der Waals surface area contributed by atoms with Crippen molar-refractivity contribution in [2.24, 2.45) is 7.05 Å². The molecular weight excluding hydrogens is 244 g/mol. The van der Waals surface area contributed by atoms with E-state index in [0.717, 1.165) is 31.4 Å². The lowest BCUT2D eigenvalue weighted by Crippen LogP contribution is -1.95.